The molecule has 2 aliphatic rings. The Kier molecular flexibility index (Phi) is 3.37. The molecule has 1 unspecified atom stereocenters. The molecule has 1 aliphatic carbocycles. The number of likely N-dealkylation sites (N-methyl/N-ethyl adjacent to an activating group) is 1. The van der Waals surface area contributed by atoms with Crippen LogP contribution in [0.1, 0.15) is 42.0 Å². The molecule has 0 bridgehead atoms. The molecule has 1 N–H and O–H groups in total. The van der Waals surface area contributed by atoms with E-state index in [9.17, 15) is 0 Å². The molecule has 1 aromatic carbocycles. The Morgan fingerprint density at radius 3 is 2.78 bits per heavy atom. The molecule has 3 rings (SSSR count). The van der Waals surface area contributed by atoms with Crippen LogP contribution in [0.5, 0.6) is 0 Å². The topological polar surface area (TPSA) is 21.3 Å². The van der Waals surface area contributed by atoms with Crippen LogP contribution in [0.4, 0.5) is 0 Å². The van der Waals surface area contributed by atoms with Crippen LogP contribution in [0.25, 0.3) is 0 Å². The first-order chi connectivity index (χ1) is 8.88. The Morgan fingerprint density at radius 1 is 1.11 bits per heavy atom. The first-order valence-electron chi connectivity index (χ1n) is 6.98. The van der Waals surface area contributed by atoms with Crippen LogP contribution in [-0.2, 0) is 17.6 Å². The van der Waals surface area contributed by atoms with E-state index in [1.165, 1.54) is 30.4 Å². The summed E-state index contributed by atoms with van der Waals surface area (Å²) in [5.74, 6) is 0. The average Bonchev–Trinajstić information content (AvgIpc) is 2.88. The molecule has 0 radical (unpaired) electrons. The van der Waals surface area contributed by atoms with E-state index in [0.717, 1.165) is 19.4 Å². The van der Waals surface area contributed by atoms with Crippen molar-refractivity contribution >= 4 is 0 Å². The molecule has 18 heavy (non-hydrogen) atoms. The van der Waals surface area contributed by atoms with Crippen molar-refractivity contribution in [3.8, 4) is 0 Å². The quantitative estimate of drug-likeness (QED) is 0.880. The lowest BCUT2D eigenvalue weighted by Gasteiger charge is -2.23. The van der Waals surface area contributed by atoms with E-state index in [1.54, 1.807) is 11.1 Å². The third-order valence-electron chi connectivity index (χ3n) is 4.08. The van der Waals surface area contributed by atoms with E-state index in [1.807, 2.05) is 13.3 Å². The molecule has 0 saturated carbocycles. The van der Waals surface area contributed by atoms with Gasteiger partial charge in [-0.25, -0.2) is 0 Å². The van der Waals surface area contributed by atoms with Crippen LogP contribution in [0.15, 0.2) is 30.0 Å². The number of hydrogen-bond donors (Lipinski definition) is 1. The molecule has 1 atom stereocenters. The van der Waals surface area contributed by atoms with Crippen molar-refractivity contribution < 1.29 is 4.74 Å². The molecule has 1 heterocycles. The van der Waals surface area contributed by atoms with Crippen molar-refractivity contribution in [2.45, 2.75) is 38.1 Å². The van der Waals surface area contributed by atoms with Crippen LogP contribution < -0.4 is 5.32 Å². The van der Waals surface area contributed by atoms with Gasteiger partial charge in [-0.15, -0.1) is 0 Å². The van der Waals surface area contributed by atoms with Crippen molar-refractivity contribution in [3.05, 3.63) is 46.7 Å². The van der Waals surface area contributed by atoms with Gasteiger partial charge in [0.2, 0.25) is 0 Å². The summed E-state index contributed by atoms with van der Waals surface area (Å²) in [6.45, 7) is 0.865. The van der Waals surface area contributed by atoms with Gasteiger partial charge in [0.1, 0.15) is 0 Å². The molecular formula is C16H21NO. The maximum Gasteiger partial charge on any atom is 0.0876 e. The van der Waals surface area contributed by atoms with Gasteiger partial charge in [0.25, 0.3) is 0 Å². The van der Waals surface area contributed by atoms with Crippen molar-refractivity contribution in [3.63, 3.8) is 0 Å². The standard InChI is InChI=1S/C16H21NO/c1-17-16(15-6-3-9-18-11-15)14-8-7-12-4-2-5-13(12)10-14/h7-8,10-11,16-17H,2-6,9H2,1H3. The van der Waals surface area contributed by atoms with Gasteiger partial charge in [0.05, 0.1) is 18.9 Å². The Hall–Kier alpha value is -1.28. The summed E-state index contributed by atoms with van der Waals surface area (Å²) in [5, 5.41) is 3.43. The highest BCUT2D eigenvalue weighted by Gasteiger charge is 2.19. The highest BCUT2D eigenvalue weighted by Crippen LogP contribution is 2.31. The maximum atomic E-state index is 5.48. The monoisotopic (exact) mass is 243 g/mol. The number of ether oxygens (including phenoxy) is 1. The molecule has 0 spiro atoms. The first kappa shape index (κ1) is 11.8. The maximum absolute atomic E-state index is 5.48. The highest BCUT2D eigenvalue weighted by atomic mass is 16.5. The number of fused-ring (bicyclic) bond motifs is 1. The van der Waals surface area contributed by atoms with Gasteiger partial charge in [0, 0.05) is 0 Å². The number of nitrogens with one attached hydrogen (secondary N) is 1. The fourth-order valence-corrected chi connectivity index (χ4v) is 3.13. The fourth-order valence-electron chi connectivity index (χ4n) is 3.13. The summed E-state index contributed by atoms with van der Waals surface area (Å²) in [6, 6.07) is 7.29. The van der Waals surface area contributed by atoms with E-state index >= 15 is 0 Å². The molecule has 0 aromatic heterocycles. The summed E-state index contributed by atoms with van der Waals surface area (Å²) in [4.78, 5) is 0. The Labute approximate surface area is 109 Å². The van der Waals surface area contributed by atoms with Gasteiger partial charge in [0.15, 0.2) is 0 Å². The molecule has 96 valence electrons. The number of aryl methyl sites for hydroxylation is 2. The minimum absolute atomic E-state index is 0.316. The second-order valence-corrected chi connectivity index (χ2v) is 5.27. The van der Waals surface area contributed by atoms with Gasteiger partial charge in [-0.2, -0.15) is 0 Å². The van der Waals surface area contributed by atoms with Gasteiger partial charge in [-0.05, 0) is 61.4 Å². The van der Waals surface area contributed by atoms with E-state index < -0.39 is 0 Å². The summed E-state index contributed by atoms with van der Waals surface area (Å²) in [7, 11) is 2.04. The fraction of sp³-hybridized carbons (Fsp3) is 0.500. The predicted octanol–water partition coefficient (Wildman–Crippen LogP) is 3.13. The van der Waals surface area contributed by atoms with Crippen molar-refractivity contribution in [1.82, 2.24) is 5.32 Å². The molecule has 1 aliphatic heterocycles. The van der Waals surface area contributed by atoms with E-state index in [2.05, 4.69) is 23.5 Å². The van der Waals surface area contributed by atoms with E-state index in [-0.39, 0.29) is 0 Å². The lowest BCUT2D eigenvalue weighted by molar-refractivity contribution is 0.220. The van der Waals surface area contributed by atoms with Crippen LogP contribution >= 0.6 is 0 Å². The lowest BCUT2D eigenvalue weighted by Crippen LogP contribution is -2.21. The van der Waals surface area contributed by atoms with Gasteiger partial charge in [-0.3, -0.25) is 0 Å². The minimum Gasteiger partial charge on any atom is -0.501 e. The van der Waals surface area contributed by atoms with Crippen molar-refractivity contribution in [2.24, 2.45) is 0 Å². The van der Waals surface area contributed by atoms with Gasteiger partial charge >= 0.3 is 0 Å². The van der Waals surface area contributed by atoms with E-state index in [4.69, 9.17) is 4.74 Å². The zero-order chi connectivity index (χ0) is 12.4. The Balaban J connectivity index is 1.89. The molecule has 1 aromatic rings. The summed E-state index contributed by atoms with van der Waals surface area (Å²) in [5.41, 5.74) is 5.85. The Bertz CT molecular complexity index is 464. The zero-order valence-corrected chi connectivity index (χ0v) is 11.0. The molecular weight excluding hydrogens is 222 g/mol. The molecule has 2 heteroatoms. The second kappa shape index (κ2) is 5.15. The third-order valence-corrected chi connectivity index (χ3v) is 4.08. The minimum atomic E-state index is 0.316. The van der Waals surface area contributed by atoms with E-state index in [0.29, 0.717) is 6.04 Å². The van der Waals surface area contributed by atoms with Crippen LogP contribution in [0.2, 0.25) is 0 Å². The van der Waals surface area contributed by atoms with Crippen LogP contribution in [-0.4, -0.2) is 13.7 Å². The largest absolute Gasteiger partial charge is 0.501 e. The second-order valence-electron chi connectivity index (χ2n) is 5.27. The number of benzene rings is 1. The Morgan fingerprint density at radius 2 is 2.00 bits per heavy atom. The van der Waals surface area contributed by atoms with Gasteiger partial charge in [-0.1, -0.05) is 18.2 Å². The zero-order valence-electron chi connectivity index (χ0n) is 11.0. The third kappa shape index (κ3) is 2.17. The molecule has 2 nitrogen and oxygen atoms in total. The first-order valence-corrected chi connectivity index (χ1v) is 6.98. The molecule has 0 amide bonds. The predicted molar refractivity (Wildman–Crippen MR) is 73.5 cm³/mol. The molecule has 0 fully saturated rings. The summed E-state index contributed by atoms with van der Waals surface area (Å²) < 4.78 is 5.48. The van der Waals surface area contributed by atoms with Crippen LogP contribution in [0, 0.1) is 0 Å². The normalized spacial score (nSPS) is 19.9. The average molecular weight is 243 g/mol. The highest BCUT2D eigenvalue weighted by molar-refractivity contribution is 5.39. The smallest absolute Gasteiger partial charge is 0.0876 e. The van der Waals surface area contributed by atoms with Crippen LogP contribution in [0.3, 0.4) is 0 Å². The van der Waals surface area contributed by atoms with Crippen molar-refractivity contribution in [2.75, 3.05) is 13.7 Å². The lowest BCUT2D eigenvalue weighted by atomic mass is 9.93. The summed E-state index contributed by atoms with van der Waals surface area (Å²) in [6.07, 6.45) is 8.05. The number of hydrogen-bond acceptors (Lipinski definition) is 2. The SMILES string of the molecule is CNC(C1=COCCC1)c1ccc2c(c1)CCC2. The van der Waals surface area contributed by atoms with Gasteiger partial charge < -0.3 is 10.1 Å². The summed E-state index contributed by atoms with van der Waals surface area (Å²) >= 11 is 0. The number of rotatable bonds is 3. The van der Waals surface area contributed by atoms with Crippen molar-refractivity contribution in [1.29, 1.82) is 0 Å². The molecule has 0 saturated heterocycles.